The van der Waals surface area contributed by atoms with E-state index >= 15 is 0 Å². The third kappa shape index (κ3) is 3.87. The van der Waals surface area contributed by atoms with Crippen molar-refractivity contribution in [1.82, 2.24) is 9.78 Å². The van der Waals surface area contributed by atoms with E-state index in [2.05, 4.69) is 10.4 Å². The molecule has 0 saturated heterocycles. The van der Waals surface area contributed by atoms with E-state index in [4.69, 9.17) is 9.15 Å². The highest BCUT2D eigenvalue weighted by Gasteiger charge is 2.35. The molecule has 168 valence electrons. The third-order valence-corrected chi connectivity index (χ3v) is 5.66. The topological polar surface area (TPSA) is 110 Å². The van der Waals surface area contributed by atoms with Crippen molar-refractivity contribution in [2.75, 3.05) is 16.8 Å². The highest BCUT2D eigenvalue weighted by atomic mass is 16.5. The largest absolute Gasteiger partial charge is 0.478 e. The number of amides is 2. The van der Waals surface area contributed by atoms with Gasteiger partial charge in [0.15, 0.2) is 6.10 Å². The van der Waals surface area contributed by atoms with E-state index in [1.165, 1.54) is 11.2 Å². The van der Waals surface area contributed by atoms with E-state index in [1.807, 2.05) is 20.8 Å². The van der Waals surface area contributed by atoms with Crippen LogP contribution < -0.4 is 15.0 Å². The number of aliphatic hydroxyl groups is 1. The van der Waals surface area contributed by atoms with Crippen LogP contribution in [0.3, 0.4) is 0 Å². The van der Waals surface area contributed by atoms with Gasteiger partial charge < -0.3 is 19.6 Å². The smallest absolute Gasteiger partial charge is 0.268 e. The van der Waals surface area contributed by atoms with Crippen LogP contribution in [0.15, 0.2) is 41.0 Å². The Labute approximate surface area is 185 Å². The van der Waals surface area contributed by atoms with Crippen molar-refractivity contribution in [2.45, 2.75) is 39.4 Å². The lowest BCUT2D eigenvalue weighted by atomic mass is 10.0. The molecular formula is C23H26N4O5. The number of hydrogen-bond acceptors (Lipinski definition) is 6. The summed E-state index contributed by atoms with van der Waals surface area (Å²) in [5, 5.41) is 17.8. The molecule has 0 radical (unpaired) electrons. The van der Waals surface area contributed by atoms with Crippen molar-refractivity contribution < 1.29 is 23.8 Å². The molecular weight excluding hydrogens is 412 g/mol. The number of carbonyl (C=O) groups is 2. The average molecular weight is 438 g/mol. The van der Waals surface area contributed by atoms with E-state index in [9.17, 15) is 14.7 Å². The van der Waals surface area contributed by atoms with Crippen LogP contribution in [-0.2, 0) is 16.6 Å². The number of ether oxygens (including phenoxy) is 1. The highest BCUT2D eigenvalue weighted by Crippen LogP contribution is 2.38. The first-order valence-electron chi connectivity index (χ1n) is 10.4. The Bertz CT molecular complexity index is 1150. The lowest BCUT2D eigenvalue weighted by Crippen LogP contribution is -2.48. The van der Waals surface area contributed by atoms with Crippen molar-refractivity contribution in [1.29, 1.82) is 0 Å². The van der Waals surface area contributed by atoms with Gasteiger partial charge in [-0.3, -0.25) is 19.2 Å². The molecule has 2 atom stereocenters. The molecule has 0 bridgehead atoms. The molecule has 2 amide bonds. The number of fused-ring (bicyclic) bond motifs is 1. The van der Waals surface area contributed by atoms with Crippen LogP contribution in [0.5, 0.6) is 5.75 Å². The predicted octanol–water partition coefficient (Wildman–Crippen LogP) is 2.85. The maximum Gasteiger partial charge on any atom is 0.268 e. The molecule has 9 heteroatoms. The summed E-state index contributed by atoms with van der Waals surface area (Å²) in [5.74, 6) is 0.205. The van der Waals surface area contributed by atoms with Gasteiger partial charge in [0.2, 0.25) is 5.91 Å². The van der Waals surface area contributed by atoms with E-state index in [0.717, 1.165) is 5.69 Å². The molecule has 9 nitrogen and oxygen atoms in total. The van der Waals surface area contributed by atoms with Gasteiger partial charge in [-0.25, -0.2) is 0 Å². The minimum absolute atomic E-state index is 0.195. The zero-order valence-corrected chi connectivity index (χ0v) is 18.5. The number of anilines is 2. The highest BCUT2D eigenvalue weighted by molar-refractivity contribution is 6.06. The Morgan fingerprint density at radius 1 is 1.31 bits per heavy atom. The van der Waals surface area contributed by atoms with Crippen molar-refractivity contribution >= 4 is 23.2 Å². The maximum atomic E-state index is 13.1. The van der Waals surface area contributed by atoms with Crippen molar-refractivity contribution in [3.05, 3.63) is 59.3 Å². The summed E-state index contributed by atoms with van der Waals surface area (Å²) in [4.78, 5) is 27.4. The number of hydrogen-bond donors (Lipinski definition) is 2. The number of aromatic nitrogens is 2. The molecule has 2 aromatic heterocycles. The standard InChI is InChI=1S/C23H26N4O5/c1-5-17-23(30)27(12-20(28)24-21-13(2)25-26(4)14(21)3)16-11-15(8-9-18(16)32-17)22(29)19-7-6-10-31-19/h6-11,17,22,29H,5,12H2,1-4H3,(H,24,28)/t17-,22+/m0/s1. The normalized spacial score (nSPS) is 16.5. The Hall–Kier alpha value is -3.59. The van der Waals surface area contributed by atoms with Gasteiger partial charge in [-0.05, 0) is 50.1 Å². The lowest BCUT2D eigenvalue weighted by Gasteiger charge is -2.34. The summed E-state index contributed by atoms with van der Waals surface area (Å²) >= 11 is 0. The van der Waals surface area contributed by atoms with Crippen molar-refractivity contribution in [2.24, 2.45) is 7.05 Å². The molecule has 1 aliphatic rings. The van der Waals surface area contributed by atoms with Crippen LogP contribution in [0.1, 0.15) is 42.2 Å². The molecule has 1 aliphatic heterocycles. The Kier molecular flexibility index (Phi) is 5.75. The van der Waals surface area contributed by atoms with Crippen molar-refractivity contribution in [3.8, 4) is 5.75 Å². The number of benzene rings is 1. The summed E-state index contributed by atoms with van der Waals surface area (Å²) in [7, 11) is 1.80. The zero-order valence-electron chi connectivity index (χ0n) is 18.5. The number of furan rings is 1. The Morgan fingerprint density at radius 2 is 2.09 bits per heavy atom. The average Bonchev–Trinajstić information content (AvgIpc) is 3.39. The summed E-state index contributed by atoms with van der Waals surface area (Å²) in [6, 6.07) is 8.43. The van der Waals surface area contributed by atoms with Gasteiger partial charge in [-0.15, -0.1) is 0 Å². The second kappa shape index (κ2) is 8.51. The molecule has 4 rings (SSSR count). The molecule has 1 aromatic carbocycles. The van der Waals surface area contributed by atoms with Gasteiger partial charge in [0.1, 0.15) is 24.2 Å². The molecule has 0 spiro atoms. The van der Waals surface area contributed by atoms with Gasteiger partial charge in [-0.2, -0.15) is 5.10 Å². The van der Waals surface area contributed by atoms with Gasteiger partial charge in [-0.1, -0.05) is 13.0 Å². The zero-order chi connectivity index (χ0) is 23.0. The predicted molar refractivity (Wildman–Crippen MR) is 118 cm³/mol. The molecule has 0 unspecified atom stereocenters. The summed E-state index contributed by atoms with van der Waals surface area (Å²) in [5.41, 5.74) is 3.10. The molecule has 0 saturated carbocycles. The maximum absolute atomic E-state index is 13.1. The monoisotopic (exact) mass is 438 g/mol. The SMILES string of the molecule is CC[C@@H]1Oc2ccc([C@@H](O)c3ccco3)cc2N(CC(=O)Nc2c(C)nn(C)c2C)C1=O. The summed E-state index contributed by atoms with van der Waals surface area (Å²) in [6.45, 7) is 5.33. The first kappa shape index (κ1) is 21.6. The van der Waals surface area contributed by atoms with E-state index in [1.54, 1.807) is 42.1 Å². The molecule has 0 fully saturated rings. The van der Waals surface area contributed by atoms with Crippen molar-refractivity contribution in [3.63, 3.8) is 0 Å². The minimum Gasteiger partial charge on any atom is -0.478 e. The van der Waals surface area contributed by atoms with Crippen LogP contribution in [-0.4, -0.2) is 39.4 Å². The van der Waals surface area contributed by atoms with E-state index in [-0.39, 0.29) is 18.4 Å². The minimum atomic E-state index is -1.01. The van der Waals surface area contributed by atoms with Crippen LogP contribution >= 0.6 is 0 Å². The second-order valence-corrected chi connectivity index (χ2v) is 7.80. The first-order valence-corrected chi connectivity index (χ1v) is 10.4. The number of aryl methyl sites for hydroxylation is 2. The molecule has 32 heavy (non-hydrogen) atoms. The van der Waals surface area contributed by atoms with Crippen LogP contribution in [0.2, 0.25) is 0 Å². The fourth-order valence-electron chi connectivity index (χ4n) is 3.82. The Balaban J connectivity index is 1.64. The molecule has 3 heterocycles. The van der Waals surface area contributed by atoms with Gasteiger partial charge >= 0.3 is 0 Å². The molecule has 2 N–H and O–H groups in total. The molecule has 3 aromatic rings. The quantitative estimate of drug-likeness (QED) is 0.612. The number of aliphatic hydroxyl groups excluding tert-OH is 1. The summed E-state index contributed by atoms with van der Waals surface area (Å²) in [6.07, 6.45) is 0.256. The van der Waals surface area contributed by atoms with Crippen LogP contribution in [0.4, 0.5) is 11.4 Å². The molecule has 0 aliphatic carbocycles. The second-order valence-electron chi connectivity index (χ2n) is 7.80. The van der Waals surface area contributed by atoms with E-state index < -0.39 is 12.2 Å². The number of rotatable bonds is 6. The lowest BCUT2D eigenvalue weighted by molar-refractivity contribution is -0.128. The van der Waals surface area contributed by atoms with Gasteiger partial charge in [0.05, 0.1) is 29.0 Å². The van der Waals surface area contributed by atoms with Crippen LogP contribution in [0, 0.1) is 13.8 Å². The summed E-state index contributed by atoms with van der Waals surface area (Å²) < 4.78 is 12.8. The van der Waals surface area contributed by atoms with E-state index in [0.29, 0.717) is 40.6 Å². The number of nitrogens with one attached hydrogen (secondary N) is 1. The first-order chi connectivity index (χ1) is 15.3. The number of carbonyl (C=O) groups excluding carboxylic acids is 2. The number of nitrogens with zero attached hydrogens (tertiary/aromatic N) is 3. The van der Waals surface area contributed by atoms with Gasteiger partial charge in [0.25, 0.3) is 5.91 Å². The fourth-order valence-corrected chi connectivity index (χ4v) is 3.82. The fraction of sp³-hybridized carbons (Fsp3) is 0.348. The van der Waals surface area contributed by atoms with Crippen LogP contribution in [0.25, 0.3) is 0 Å². The van der Waals surface area contributed by atoms with Gasteiger partial charge in [0, 0.05) is 7.05 Å². The Morgan fingerprint density at radius 3 is 2.72 bits per heavy atom. The third-order valence-electron chi connectivity index (χ3n) is 5.66.